The summed E-state index contributed by atoms with van der Waals surface area (Å²) in [6.07, 6.45) is 1.54. The number of amides is 1. The van der Waals surface area contributed by atoms with Gasteiger partial charge in [-0.1, -0.05) is 48.5 Å². The Kier molecular flexibility index (Phi) is 8.25. The van der Waals surface area contributed by atoms with Gasteiger partial charge in [0.1, 0.15) is 18.2 Å². The highest BCUT2D eigenvalue weighted by molar-refractivity contribution is 14.1. The number of nitrogens with one attached hydrogen (secondary N) is 1. The van der Waals surface area contributed by atoms with E-state index in [1.54, 1.807) is 25.3 Å². The van der Waals surface area contributed by atoms with Crippen LogP contribution in [-0.4, -0.2) is 13.0 Å². The molecule has 4 aromatic carbocycles. The van der Waals surface area contributed by atoms with Gasteiger partial charge in [-0.15, -0.1) is 0 Å². The highest BCUT2D eigenvalue weighted by Crippen LogP contribution is 2.35. The lowest BCUT2D eigenvalue weighted by atomic mass is 10.1. The van der Waals surface area contributed by atoms with E-state index in [1.807, 2.05) is 54.6 Å². The second-order valence-corrected chi connectivity index (χ2v) is 10.0. The number of nitriles is 1. The summed E-state index contributed by atoms with van der Waals surface area (Å²) in [4.78, 5) is 12.7. The summed E-state index contributed by atoms with van der Waals surface area (Å²) >= 11 is 4.34. The lowest BCUT2D eigenvalue weighted by Crippen LogP contribution is -2.13. The summed E-state index contributed by atoms with van der Waals surface area (Å²) in [6, 6.07) is 27.3. The molecule has 0 bridgehead atoms. The Morgan fingerprint density at radius 3 is 2.57 bits per heavy atom. The molecule has 0 heterocycles. The van der Waals surface area contributed by atoms with Crippen molar-refractivity contribution >= 4 is 73.6 Å². The van der Waals surface area contributed by atoms with Crippen LogP contribution in [0.1, 0.15) is 11.1 Å². The molecule has 35 heavy (non-hydrogen) atoms. The van der Waals surface area contributed by atoms with Gasteiger partial charge in [0, 0.05) is 9.26 Å². The van der Waals surface area contributed by atoms with Crippen molar-refractivity contribution in [2.45, 2.75) is 6.61 Å². The van der Waals surface area contributed by atoms with Gasteiger partial charge in [0.15, 0.2) is 11.5 Å². The zero-order valence-corrected chi connectivity index (χ0v) is 23.0. The normalized spacial score (nSPS) is 11.1. The van der Waals surface area contributed by atoms with Crippen LogP contribution in [-0.2, 0) is 11.4 Å². The number of ether oxygens (including phenoxy) is 2. The lowest BCUT2D eigenvalue weighted by Gasteiger charge is -2.15. The number of anilines is 1. The maximum atomic E-state index is 12.7. The molecule has 4 rings (SSSR count). The summed E-state index contributed by atoms with van der Waals surface area (Å²) < 4.78 is 13.6. The molecule has 0 spiro atoms. The zero-order chi connectivity index (χ0) is 24.8. The average molecular weight is 686 g/mol. The summed E-state index contributed by atoms with van der Waals surface area (Å²) in [5.41, 5.74) is 2.36. The molecule has 174 valence electrons. The molecule has 0 fully saturated rings. The van der Waals surface area contributed by atoms with E-state index in [9.17, 15) is 10.1 Å². The zero-order valence-electron chi connectivity index (χ0n) is 18.7. The average Bonchev–Trinajstić information content (AvgIpc) is 2.86. The summed E-state index contributed by atoms with van der Waals surface area (Å²) in [6.45, 7) is 0.380. The predicted molar refractivity (Wildman–Crippen MR) is 155 cm³/mol. The number of benzene rings is 4. The van der Waals surface area contributed by atoms with E-state index in [1.165, 1.54) is 0 Å². The number of fused-ring (bicyclic) bond motifs is 1. The van der Waals surface area contributed by atoms with Gasteiger partial charge in [-0.2, -0.15) is 5.26 Å². The van der Waals surface area contributed by atoms with Gasteiger partial charge in [0.25, 0.3) is 5.91 Å². The Labute approximate surface area is 231 Å². The fourth-order valence-electron chi connectivity index (χ4n) is 3.61. The Morgan fingerprint density at radius 1 is 1.03 bits per heavy atom. The maximum absolute atomic E-state index is 12.7. The Bertz CT molecular complexity index is 1470. The van der Waals surface area contributed by atoms with E-state index in [2.05, 4.69) is 68.7 Å². The first-order valence-corrected chi connectivity index (χ1v) is 12.8. The number of hydrogen-bond acceptors (Lipinski definition) is 4. The van der Waals surface area contributed by atoms with Crippen molar-refractivity contribution in [3.8, 4) is 17.6 Å². The summed E-state index contributed by atoms with van der Waals surface area (Å²) in [7, 11) is 1.57. The maximum Gasteiger partial charge on any atom is 0.266 e. The molecule has 1 amide bonds. The van der Waals surface area contributed by atoms with E-state index in [0.29, 0.717) is 29.4 Å². The van der Waals surface area contributed by atoms with Crippen molar-refractivity contribution in [2.24, 2.45) is 0 Å². The predicted octanol–water partition coefficient (Wildman–Crippen LogP) is 7.18. The Hall–Kier alpha value is -3.10. The quantitative estimate of drug-likeness (QED) is 0.127. The lowest BCUT2D eigenvalue weighted by molar-refractivity contribution is -0.112. The molecule has 5 nitrogen and oxygen atoms in total. The van der Waals surface area contributed by atoms with E-state index >= 15 is 0 Å². The van der Waals surface area contributed by atoms with Crippen LogP contribution in [0.4, 0.5) is 5.69 Å². The van der Waals surface area contributed by atoms with Crippen molar-refractivity contribution in [1.82, 2.24) is 0 Å². The van der Waals surface area contributed by atoms with Gasteiger partial charge in [-0.05, 0) is 103 Å². The molecule has 0 aliphatic rings. The second kappa shape index (κ2) is 11.6. The van der Waals surface area contributed by atoms with Gasteiger partial charge in [0.2, 0.25) is 0 Å². The Balaban J connectivity index is 1.57. The molecule has 0 atom stereocenters. The number of halogens is 2. The highest BCUT2D eigenvalue weighted by Gasteiger charge is 2.15. The number of carbonyl (C=O) groups is 1. The van der Waals surface area contributed by atoms with Gasteiger partial charge in [0.05, 0.1) is 10.7 Å². The van der Waals surface area contributed by atoms with Crippen LogP contribution < -0.4 is 14.8 Å². The van der Waals surface area contributed by atoms with Crippen molar-refractivity contribution in [3.63, 3.8) is 0 Å². The van der Waals surface area contributed by atoms with Crippen LogP contribution in [0.5, 0.6) is 11.5 Å². The minimum Gasteiger partial charge on any atom is -0.493 e. The highest BCUT2D eigenvalue weighted by atomic mass is 127. The topological polar surface area (TPSA) is 71.3 Å². The van der Waals surface area contributed by atoms with E-state index in [0.717, 1.165) is 23.5 Å². The molecule has 0 aliphatic heterocycles. The SMILES string of the molecule is COc1cc(/C=C(\C#N)C(=O)Nc2cccc(I)c2)cc(I)c1OCc1cccc2ccccc12. The molecule has 4 aromatic rings. The first-order valence-electron chi connectivity index (χ1n) is 10.6. The molecule has 0 aromatic heterocycles. The summed E-state index contributed by atoms with van der Waals surface area (Å²) in [5, 5.41) is 14.7. The second-order valence-electron chi connectivity index (χ2n) is 7.60. The van der Waals surface area contributed by atoms with Crippen molar-refractivity contribution in [2.75, 3.05) is 12.4 Å². The fraction of sp³-hybridized carbons (Fsp3) is 0.0714. The van der Waals surface area contributed by atoms with Gasteiger partial charge in [-0.3, -0.25) is 4.79 Å². The monoisotopic (exact) mass is 686 g/mol. The van der Waals surface area contributed by atoms with Gasteiger partial charge < -0.3 is 14.8 Å². The van der Waals surface area contributed by atoms with Crippen LogP contribution in [0, 0.1) is 18.5 Å². The van der Waals surface area contributed by atoms with Gasteiger partial charge in [-0.25, -0.2) is 0 Å². The van der Waals surface area contributed by atoms with E-state index in [4.69, 9.17) is 9.47 Å². The van der Waals surface area contributed by atoms with E-state index < -0.39 is 5.91 Å². The number of nitrogens with zero attached hydrogens (tertiary/aromatic N) is 1. The molecule has 0 unspecified atom stereocenters. The van der Waals surface area contributed by atoms with Crippen LogP contribution in [0.2, 0.25) is 0 Å². The van der Waals surface area contributed by atoms with Crippen LogP contribution in [0.3, 0.4) is 0 Å². The number of methoxy groups -OCH3 is 1. The minimum absolute atomic E-state index is 0.00821. The van der Waals surface area contributed by atoms with Gasteiger partial charge >= 0.3 is 0 Å². The molecular weight excluding hydrogens is 666 g/mol. The molecule has 1 N–H and O–H groups in total. The molecule has 0 saturated heterocycles. The van der Waals surface area contributed by atoms with Crippen molar-refractivity contribution < 1.29 is 14.3 Å². The third-order valence-electron chi connectivity index (χ3n) is 5.26. The number of carbonyl (C=O) groups excluding carboxylic acids is 1. The number of rotatable bonds is 7. The standard InChI is InChI=1S/C28H20I2N2O3/c1-34-26-14-18(12-21(16-31)28(33)32-23-10-5-9-22(29)15-23)13-25(30)27(26)35-17-20-8-4-7-19-6-2-3-11-24(19)20/h2-15H,17H2,1H3,(H,32,33)/b21-12+. The first kappa shape index (κ1) is 25.0. The molecule has 0 radical (unpaired) electrons. The molecule has 0 saturated carbocycles. The molecular formula is C28H20I2N2O3. The minimum atomic E-state index is -0.472. The first-order chi connectivity index (χ1) is 17.0. The smallest absolute Gasteiger partial charge is 0.266 e. The Morgan fingerprint density at radius 2 is 1.80 bits per heavy atom. The largest absolute Gasteiger partial charge is 0.493 e. The van der Waals surface area contributed by atoms with Crippen molar-refractivity contribution in [3.05, 3.63) is 103 Å². The number of hydrogen-bond donors (Lipinski definition) is 1. The fourth-order valence-corrected chi connectivity index (χ4v) is 4.94. The van der Waals surface area contributed by atoms with Crippen molar-refractivity contribution in [1.29, 1.82) is 5.26 Å². The van der Waals surface area contributed by atoms with Crippen LogP contribution in [0.25, 0.3) is 16.8 Å². The van der Waals surface area contributed by atoms with E-state index in [-0.39, 0.29) is 5.57 Å². The third-order valence-corrected chi connectivity index (χ3v) is 6.73. The molecule has 0 aliphatic carbocycles. The summed E-state index contributed by atoms with van der Waals surface area (Å²) in [5.74, 6) is 0.665. The van der Waals surface area contributed by atoms with Crippen LogP contribution in [0.15, 0.2) is 84.4 Å². The van der Waals surface area contributed by atoms with Crippen LogP contribution >= 0.6 is 45.2 Å². The molecule has 7 heteroatoms. The third kappa shape index (κ3) is 6.13.